The zero-order chi connectivity index (χ0) is 25.8. The number of hydrogen-bond acceptors (Lipinski definition) is 5. The molecular weight excluding hydrogens is 472 g/mol. The lowest BCUT2D eigenvalue weighted by Crippen LogP contribution is -2.47. The van der Waals surface area contributed by atoms with Crippen LogP contribution in [-0.4, -0.2) is 66.5 Å². The molecule has 0 radical (unpaired) electrons. The van der Waals surface area contributed by atoms with Gasteiger partial charge in [-0.05, 0) is 49.6 Å². The van der Waals surface area contributed by atoms with Gasteiger partial charge < -0.3 is 25.0 Å². The lowest BCUT2D eigenvalue weighted by Gasteiger charge is -2.33. The molecule has 0 aliphatic carbocycles. The third-order valence-electron chi connectivity index (χ3n) is 6.94. The molecule has 3 aliphatic heterocycles. The van der Waals surface area contributed by atoms with Crippen LogP contribution in [0.4, 0.5) is 4.79 Å². The Balaban J connectivity index is 1.30. The summed E-state index contributed by atoms with van der Waals surface area (Å²) in [5, 5.41) is 5.90. The second kappa shape index (κ2) is 11.0. The number of hydrogen-bond donors (Lipinski definition) is 2. The Kier molecular flexibility index (Phi) is 7.41. The molecule has 2 atom stereocenters. The van der Waals surface area contributed by atoms with Gasteiger partial charge in [0.1, 0.15) is 11.5 Å². The Bertz CT molecular complexity index is 1190. The molecule has 1 saturated heterocycles. The summed E-state index contributed by atoms with van der Waals surface area (Å²) in [4.78, 5) is 42.2. The first-order valence-electron chi connectivity index (χ1n) is 12.8. The van der Waals surface area contributed by atoms with Gasteiger partial charge in [-0.25, -0.2) is 4.79 Å². The zero-order valence-corrected chi connectivity index (χ0v) is 20.9. The Labute approximate surface area is 216 Å². The molecule has 2 aromatic carbocycles. The van der Waals surface area contributed by atoms with Crippen molar-refractivity contribution in [2.75, 3.05) is 32.8 Å². The van der Waals surface area contributed by atoms with Crippen LogP contribution in [0.3, 0.4) is 0 Å². The van der Waals surface area contributed by atoms with Gasteiger partial charge in [-0.3, -0.25) is 14.5 Å². The topological polar surface area (TPSA) is 100 Å². The molecule has 0 saturated carbocycles. The molecule has 9 heteroatoms. The van der Waals surface area contributed by atoms with Crippen LogP contribution in [0.5, 0.6) is 11.5 Å². The number of ether oxygens (including phenoxy) is 2. The maximum Gasteiger partial charge on any atom is 0.322 e. The van der Waals surface area contributed by atoms with Crippen LogP contribution in [0.25, 0.3) is 0 Å². The number of carbonyl (C=O) groups is 3. The largest absolute Gasteiger partial charge is 0.457 e. The average Bonchev–Trinajstić information content (AvgIpc) is 3.55. The van der Waals surface area contributed by atoms with Crippen molar-refractivity contribution in [2.45, 2.75) is 38.3 Å². The van der Waals surface area contributed by atoms with Crippen molar-refractivity contribution in [3.63, 3.8) is 0 Å². The van der Waals surface area contributed by atoms with Gasteiger partial charge in [0.25, 0.3) is 5.91 Å². The zero-order valence-electron chi connectivity index (χ0n) is 20.9. The molecule has 194 valence electrons. The summed E-state index contributed by atoms with van der Waals surface area (Å²) in [5.41, 5.74) is 1.99. The van der Waals surface area contributed by atoms with Crippen molar-refractivity contribution in [2.24, 2.45) is 0 Å². The minimum Gasteiger partial charge on any atom is -0.457 e. The summed E-state index contributed by atoms with van der Waals surface area (Å²) in [7, 11) is 0. The summed E-state index contributed by atoms with van der Waals surface area (Å²) in [6.45, 7) is 4.13. The Hall–Kier alpha value is -3.85. The molecule has 9 nitrogen and oxygen atoms in total. The van der Waals surface area contributed by atoms with Crippen molar-refractivity contribution in [3.8, 4) is 11.5 Å². The fraction of sp³-hybridized carbons (Fsp3) is 0.393. The molecule has 3 heterocycles. The minimum absolute atomic E-state index is 0.0731. The van der Waals surface area contributed by atoms with Crippen LogP contribution in [0.15, 0.2) is 65.9 Å². The summed E-state index contributed by atoms with van der Waals surface area (Å²) < 4.78 is 11.5. The normalized spacial score (nSPS) is 21.2. The van der Waals surface area contributed by atoms with Crippen LogP contribution in [0.2, 0.25) is 0 Å². The van der Waals surface area contributed by atoms with E-state index in [2.05, 4.69) is 10.6 Å². The summed E-state index contributed by atoms with van der Waals surface area (Å²) in [6.07, 6.45) is 2.23. The van der Waals surface area contributed by atoms with E-state index in [4.69, 9.17) is 9.47 Å². The predicted octanol–water partition coefficient (Wildman–Crippen LogP) is 3.35. The van der Waals surface area contributed by atoms with Crippen molar-refractivity contribution in [3.05, 3.63) is 71.4 Å². The molecule has 0 aromatic heterocycles. The standard InChI is InChI=1S/C28H32N4O5/c1-2-32-23-18-31(14-13-24(33)29-17-22-12-7-15-36-22)27(34)25(23)26(30-28(32)35)19-8-6-11-21(16-19)37-20-9-4-3-5-10-20/h3-6,8-11,16,22,26H,2,7,12-15,17-18H2,1H3,(H,29,33)(H,30,35)/t22-,26+/m1/s1. The molecule has 5 rings (SSSR count). The fourth-order valence-corrected chi connectivity index (χ4v) is 5.05. The number of rotatable bonds is 9. The molecule has 2 N–H and O–H groups in total. The van der Waals surface area contributed by atoms with E-state index in [1.807, 2.05) is 61.5 Å². The Morgan fingerprint density at radius 1 is 1.14 bits per heavy atom. The molecule has 0 bridgehead atoms. The van der Waals surface area contributed by atoms with Crippen molar-refractivity contribution < 1.29 is 23.9 Å². The van der Waals surface area contributed by atoms with Crippen LogP contribution < -0.4 is 15.4 Å². The number of urea groups is 1. The summed E-state index contributed by atoms with van der Waals surface area (Å²) in [6, 6.07) is 16.0. The van der Waals surface area contributed by atoms with Crippen molar-refractivity contribution in [1.82, 2.24) is 20.4 Å². The predicted molar refractivity (Wildman–Crippen MR) is 137 cm³/mol. The van der Waals surface area contributed by atoms with E-state index in [1.54, 1.807) is 9.80 Å². The lowest BCUT2D eigenvalue weighted by atomic mass is 9.95. The van der Waals surface area contributed by atoms with Crippen LogP contribution in [-0.2, 0) is 14.3 Å². The summed E-state index contributed by atoms with van der Waals surface area (Å²) in [5.74, 6) is 1.03. The van der Waals surface area contributed by atoms with Gasteiger partial charge in [0, 0.05) is 32.7 Å². The maximum absolute atomic E-state index is 13.6. The second-order valence-corrected chi connectivity index (χ2v) is 9.39. The molecule has 0 spiro atoms. The van der Waals surface area contributed by atoms with Crippen LogP contribution >= 0.6 is 0 Å². The van der Waals surface area contributed by atoms with Gasteiger partial charge in [-0.15, -0.1) is 0 Å². The second-order valence-electron chi connectivity index (χ2n) is 9.39. The fourth-order valence-electron chi connectivity index (χ4n) is 5.05. The van der Waals surface area contributed by atoms with Crippen LogP contribution in [0.1, 0.15) is 37.8 Å². The smallest absolute Gasteiger partial charge is 0.322 e. The number of likely N-dealkylation sites (N-methyl/N-ethyl adjacent to an activating group) is 1. The van der Waals surface area contributed by atoms with E-state index in [9.17, 15) is 14.4 Å². The van der Waals surface area contributed by atoms with Gasteiger partial charge in [0.2, 0.25) is 5.91 Å². The molecular formula is C28H32N4O5. The molecule has 1 fully saturated rings. The van der Waals surface area contributed by atoms with Crippen LogP contribution in [0, 0.1) is 0 Å². The van der Waals surface area contributed by atoms with E-state index in [-0.39, 0.29) is 36.9 Å². The van der Waals surface area contributed by atoms with Gasteiger partial charge >= 0.3 is 6.03 Å². The Morgan fingerprint density at radius 3 is 2.70 bits per heavy atom. The highest BCUT2D eigenvalue weighted by molar-refractivity contribution is 6.01. The quantitative estimate of drug-likeness (QED) is 0.546. The first-order chi connectivity index (χ1) is 18.0. The number of benzene rings is 2. The molecule has 3 aliphatic rings. The van der Waals surface area contributed by atoms with E-state index >= 15 is 0 Å². The first-order valence-corrected chi connectivity index (χ1v) is 12.8. The van der Waals surface area contributed by atoms with E-state index < -0.39 is 6.04 Å². The number of para-hydroxylation sites is 1. The third-order valence-corrected chi connectivity index (χ3v) is 6.94. The van der Waals surface area contributed by atoms with Crippen molar-refractivity contribution >= 4 is 17.8 Å². The monoisotopic (exact) mass is 504 g/mol. The highest BCUT2D eigenvalue weighted by atomic mass is 16.5. The van der Waals surface area contributed by atoms with Gasteiger partial charge in [-0.2, -0.15) is 0 Å². The first kappa shape index (κ1) is 24.8. The lowest BCUT2D eigenvalue weighted by molar-refractivity contribution is -0.127. The third kappa shape index (κ3) is 5.46. The molecule has 4 amide bonds. The molecule has 2 aromatic rings. The number of nitrogens with zero attached hydrogens (tertiary/aromatic N) is 2. The van der Waals surface area contributed by atoms with E-state index in [0.717, 1.165) is 25.0 Å². The highest BCUT2D eigenvalue weighted by Crippen LogP contribution is 2.37. The van der Waals surface area contributed by atoms with E-state index in [0.29, 0.717) is 42.4 Å². The van der Waals surface area contributed by atoms with Crippen molar-refractivity contribution in [1.29, 1.82) is 0 Å². The highest BCUT2D eigenvalue weighted by Gasteiger charge is 2.43. The number of carbonyl (C=O) groups excluding carboxylic acids is 3. The van der Waals surface area contributed by atoms with Gasteiger partial charge in [0.05, 0.1) is 30.0 Å². The molecule has 37 heavy (non-hydrogen) atoms. The number of nitrogens with one attached hydrogen (secondary N) is 2. The molecule has 0 unspecified atom stereocenters. The average molecular weight is 505 g/mol. The SMILES string of the molecule is CCN1C(=O)N[C@@H](c2cccc(Oc3ccccc3)c2)C2=C1CN(CCC(=O)NC[C@H]1CCCO1)C2=O. The Morgan fingerprint density at radius 2 is 1.95 bits per heavy atom. The maximum atomic E-state index is 13.6. The van der Waals surface area contributed by atoms with Gasteiger partial charge in [0.15, 0.2) is 0 Å². The van der Waals surface area contributed by atoms with Gasteiger partial charge in [-0.1, -0.05) is 30.3 Å². The summed E-state index contributed by atoms with van der Waals surface area (Å²) >= 11 is 0. The van der Waals surface area contributed by atoms with E-state index in [1.165, 1.54) is 0 Å². The number of amides is 4. The minimum atomic E-state index is -0.601.